The SMILES string of the molecule is COc1ccc(OCC2CN(C(=O)OC(C)(C)C)C2)c(C(=O)O)c1. The lowest BCUT2D eigenvalue weighted by atomic mass is 10.0. The summed E-state index contributed by atoms with van der Waals surface area (Å²) < 4.78 is 15.9. The van der Waals surface area contributed by atoms with Crippen molar-refractivity contribution in [1.82, 2.24) is 4.90 Å². The van der Waals surface area contributed by atoms with E-state index in [-0.39, 0.29) is 17.6 Å². The summed E-state index contributed by atoms with van der Waals surface area (Å²) in [6.45, 7) is 6.88. The maximum Gasteiger partial charge on any atom is 0.410 e. The zero-order chi connectivity index (χ0) is 17.9. The van der Waals surface area contributed by atoms with Crippen LogP contribution in [0, 0.1) is 5.92 Å². The van der Waals surface area contributed by atoms with Crippen LogP contribution in [0.25, 0.3) is 0 Å². The topological polar surface area (TPSA) is 85.3 Å². The van der Waals surface area contributed by atoms with E-state index in [1.807, 2.05) is 20.8 Å². The Morgan fingerprint density at radius 3 is 2.50 bits per heavy atom. The molecule has 0 spiro atoms. The van der Waals surface area contributed by atoms with Crippen molar-refractivity contribution in [2.24, 2.45) is 5.92 Å². The first-order valence-electron chi connectivity index (χ1n) is 7.71. The van der Waals surface area contributed by atoms with Crippen LogP contribution in [0.1, 0.15) is 31.1 Å². The second-order valence-electron chi connectivity index (χ2n) is 6.73. The number of carboxylic acids is 1. The largest absolute Gasteiger partial charge is 0.497 e. The molecule has 24 heavy (non-hydrogen) atoms. The first-order valence-corrected chi connectivity index (χ1v) is 7.71. The van der Waals surface area contributed by atoms with E-state index >= 15 is 0 Å². The van der Waals surface area contributed by atoms with Gasteiger partial charge < -0.3 is 24.2 Å². The molecule has 1 aliphatic heterocycles. The molecule has 1 aromatic rings. The van der Waals surface area contributed by atoms with E-state index in [0.717, 1.165) is 0 Å². The maximum atomic E-state index is 11.8. The van der Waals surface area contributed by atoms with Gasteiger partial charge in [0.1, 0.15) is 22.7 Å². The monoisotopic (exact) mass is 337 g/mol. The molecule has 0 unspecified atom stereocenters. The van der Waals surface area contributed by atoms with Gasteiger partial charge in [-0.05, 0) is 39.0 Å². The first-order chi connectivity index (χ1) is 11.2. The van der Waals surface area contributed by atoms with Crippen LogP contribution in [0.2, 0.25) is 0 Å². The fraction of sp³-hybridized carbons (Fsp3) is 0.529. The van der Waals surface area contributed by atoms with E-state index in [4.69, 9.17) is 14.2 Å². The van der Waals surface area contributed by atoms with Crippen molar-refractivity contribution in [1.29, 1.82) is 0 Å². The van der Waals surface area contributed by atoms with Crippen molar-refractivity contribution in [3.8, 4) is 11.5 Å². The fourth-order valence-corrected chi connectivity index (χ4v) is 2.29. The Balaban J connectivity index is 1.86. The third kappa shape index (κ3) is 4.53. The van der Waals surface area contributed by atoms with Crippen LogP contribution in [0.4, 0.5) is 4.79 Å². The van der Waals surface area contributed by atoms with Gasteiger partial charge >= 0.3 is 12.1 Å². The standard InChI is InChI=1S/C17H23NO6/c1-17(2,3)24-16(21)18-8-11(9-18)10-23-14-6-5-12(22-4)7-13(14)15(19)20/h5-7,11H,8-10H2,1-4H3,(H,19,20). The van der Waals surface area contributed by atoms with Crippen molar-refractivity contribution in [3.05, 3.63) is 23.8 Å². The number of likely N-dealkylation sites (tertiary alicyclic amines) is 1. The lowest BCUT2D eigenvalue weighted by Crippen LogP contribution is -2.53. The van der Waals surface area contributed by atoms with Crippen molar-refractivity contribution in [3.63, 3.8) is 0 Å². The Morgan fingerprint density at radius 1 is 1.29 bits per heavy atom. The minimum Gasteiger partial charge on any atom is -0.497 e. The van der Waals surface area contributed by atoms with Crippen LogP contribution >= 0.6 is 0 Å². The van der Waals surface area contributed by atoms with Gasteiger partial charge in [-0.15, -0.1) is 0 Å². The summed E-state index contributed by atoms with van der Waals surface area (Å²) in [7, 11) is 1.47. The summed E-state index contributed by atoms with van der Waals surface area (Å²) in [6.07, 6.45) is -0.338. The van der Waals surface area contributed by atoms with Crippen LogP contribution in [0.15, 0.2) is 18.2 Å². The normalized spacial score (nSPS) is 14.8. The summed E-state index contributed by atoms with van der Waals surface area (Å²) in [6, 6.07) is 4.65. The molecule has 7 nitrogen and oxygen atoms in total. The van der Waals surface area contributed by atoms with Crippen LogP contribution in [-0.4, -0.2) is 54.5 Å². The number of hydrogen-bond acceptors (Lipinski definition) is 5. The maximum absolute atomic E-state index is 11.8. The zero-order valence-electron chi connectivity index (χ0n) is 14.4. The fourth-order valence-electron chi connectivity index (χ4n) is 2.29. The number of methoxy groups -OCH3 is 1. The number of carbonyl (C=O) groups excluding carboxylic acids is 1. The third-order valence-electron chi connectivity index (χ3n) is 3.50. The molecule has 0 bridgehead atoms. The molecule has 132 valence electrons. The molecule has 1 aromatic carbocycles. The van der Waals surface area contributed by atoms with Gasteiger partial charge in [-0.1, -0.05) is 0 Å². The Hall–Kier alpha value is -2.44. The molecule has 0 atom stereocenters. The molecule has 1 amide bonds. The number of rotatable bonds is 5. The van der Waals surface area contributed by atoms with Crippen molar-refractivity contribution in [2.75, 3.05) is 26.8 Å². The smallest absolute Gasteiger partial charge is 0.410 e. The predicted octanol–water partition coefficient (Wildman–Crippen LogP) is 2.64. The third-order valence-corrected chi connectivity index (χ3v) is 3.50. The van der Waals surface area contributed by atoms with E-state index in [2.05, 4.69) is 0 Å². The minimum absolute atomic E-state index is 0.0534. The highest BCUT2D eigenvalue weighted by Crippen LogP contribution is 2.26. The molecule has 1 N–H and O–H groups in total. The zero-order valence-corrected chi connectivity index (χ0v) is 14.4. The molecule has 7 heteroatoms. The highest BCUT2D eigenvalue weighted by atomic mass is 16.6. The summed E-state index contributed by atoms with van der Waals surface area (Å²) in [5, 5.41) is 9.24. The first kappa shape index (κ1) is 17.9. The number of aromatic carboxylic acids is 1. The predicted molar refractivity (Wildman–Crippen MR) is 86.7 cm³/mol. The Labute approximate surface area is 141 Å². The Morgan fingerprint density at radius 2 is 1.96 bits per heavy atom. The average Bonchev–Trinajstić information content (AvgIpc) is 2.43. The molecule has 0 saturated carbocycles. The Bertz CT molecular complexity index is 616. The van der Waals surface area contributed by atoms with E-state index in [1.165, 1.54) is 13.2 Å². The van der Waals surface area contributed by atoms with Gasteiger partial charge in [0.05, 0.1) is 13.7 Å². The van der Waals surface area contributed by atoms with Crippen molar-refractivity contribution >= 4 is 12.1 Å². The number of nitrogens with zero attached hydrogens (tertiary/aromatic N) is 1. The Kier molecular flexibility index (Phi) is 5.21. The number of hydrogen-bond donors (Lipinski definition) is 1. The van der Waals surface area contributed by atoms with Gasteiger partial charge in [0.2, 0.25) is 0 Å². The highest BCUT2D eigenvalue weighted by molar-refractivity contribution is 5.91. The average molecular weight is 337 g/mol. The molecule has 1 aliphatic rings. The van der Waals surface area contributed by atoms with Crippen molar-refractivity contribution < 1.29 is 28.9 Å². The summed E-state index contributed by atoms with van der Waals surface area (Å²) >= 11 is 0. The second-order valence-corrected chi connectivity index (χ2v) is 6.73. The molecule has 0 aliphatic carbocycles. The molecule has 2 rings (SSSR count). The van der Waals surface area contributed by atoms with Crippen LogP contribution < -0.4 is 9.47 Å². The summed E-state index contributed by atoms with van der Waals surface area (Å²) in [4.78, 5) is 24.7. The molecule has 1 saturated heterocycles. The lowest BCUT2D eigenvalue weighted by molar-refractivity contribution is -0.00785. The number of amides is 1. The molecular weight excluding hydrogens is 314 g/mol. The minimum atomic E-state index is -1.08. The molecule has 0 aromatic heterocycles. The van der Waals surface area contributed by atoms with Gasteiger partial charge in [0.15, 0.2) is 0 Å². The van der Waals surface area contributed by atoms with Gasteiger partial charge in [-0.2, -0.15) is 0 Å². The van der Waals surface area contributed by atoms with E-state index in [9.17, 15) is 14.7 Å². The van der Waals surface area contributed by atoms with Crippen molar-refractivity contribution in [2.45, 2.75) is 26.4 Å². The van der Waals surface area contributed by atoms with E-state index in [1.54, 1.807) is 17.0 Å². The van der Waals surface area contributed by atoms with Crippen LogP contribution in [0.3, 0.4) is 0 Å². The van der Waals surface area contributed by atoms with Crippen LogP contribution in [0.5, 0.6) is 11.5 Å². The van der Waals surface area contributed by atoms with Gasteiger partial charge in [-0.25, -0.2) is 9.59 Å². The highest BCUT2D eigenvalue weighted by Gasteiger charge is 2.34. The quantitative estimate of drug-likeness (QED) is 0.889. The van der Waals surface area contributed by atoms with Crippen LogP contribution in [-0.2, 0) is 4.74 Å². The summed E-state index contributed by atoms with van der Waals surface area (Å²) in [5.41, 5.74) is -0.462. The van der Waals surface area contributed by atoms with Gasteiger partial charge in [0.25, 0.3) is 0 Å². The van der Waals surface area contributed by atoms with Gasteiger partial charge in [-0.3, -0.25) is 0 Å². The molecule has 0 radical (unpaired) electrons. The molecule has 1 heterocycles. The van der Waals surface area contributed by atoms with E-state index < -0.39 is 11.6 Å². The molecule has 1 fully saturated rings. The number of benzene rings is 1. The number of ether oxygens (including phenoxy) is 3. The second kappa shape index (κ2) is 6.98. The van der Waals surface area contributed by atoms with E-state index in [0.29, 0.717) is 31.2 Å². The lowest BCUT2D eigenvalue weighted by Gasteiger charge is -2.39. The number of carbonyl (C=O) groups is 2. The molecular formula is C17H23NO6. The summed E-state index contributed by atoms with van der Waals surface area (Å²) in [5.74, 6) is -0.173. The number of carboxylic acid groups (broad SMARTS) is 1. The van der Waals surface area contributed by atoms with Gasteiger partial charge in [0, 0.05) is 19.0 Å².